The lowest BCUT2D eigenvalue weighted by atomic mass is 10.1. The van der Waals surface area contributed by atoms with Crippen LogP contribution in [0.1, 0.15) is 10.4 Å². The Labute approximate surface area is 153 Å². The molecule has 0 aliphatic rings. The first-order valence-electron chi connectivity index (χ1n) is 8.11. The van der Waals surface area contributed by atoms with E-state index in [1.54, 1.807) is 35.0 Å². The third kappa shape index (κ3) is 2.81. The Morgan fingerprint density at radius 3 is 2.33 bits per heavy atom. The van der Waals surface area contributed by atoms with Crippen LogP contribution in [0.5, 0.6) is 0 Å². The van der Waals surface area contributed by atoms with Crippen LogP contribution in [0.4, 0.5) is 5.69 Å². The first kappa shape index (κ1) is 16.5. The molecular formula is C20H13N3O4. The number of benzene rings is 3. The summed E-state index contributed by atoms with van der Waals surface area (Å²) >= 11 is 0. The Bertz CT molecular complexity index is 1180. The van der Waals surface area contributed by atoms with Gasteiger partial charge in [0, 0.05) is 23.1 Å². The molecule has 7 nitrogen and oxygen atoms in total. The smallest absolute Gasteiger partial charge is 0.337 e. The number of non-ortho nitro benzene ring substituents is 1. The number of carbonyl (C=O) groups is 1. The molecule has 0 unspecified atom stereocenters. The van der Waals surface area contributed by atoms with Gasteiger partial charge in [0.15, 0.2) is 0 Å². The Morgan fingerprint density at radius 1 is 0.963 bits per heavy atom. The van der Waals surface area contributed by atoms with Crippen LogP contribution in [-0.4, -0.2) is 25.8 Å². The number of aromatic carboxylic acids is 1. The lowest BCUT2D eigenvalue weighted by molar-refractivity contribution is -0.384. The maximum absolute atomic E-state index is 11.6. The molecule has 0 saturated carbocycles. The average molecular weight is 359 g/mol. The number of carboxylic acid groups (broad SMARTS) is 1. The van der Waals surface area contributed by atoms with Crippen molar-refractivity contribution in [2.75, 3.05) is 0 Å². The molecule has 27 heavy (non-hydrogen) atoms. The van der Waals surface area contributed by atoms with Crippen molar-refractivity contribution in [2.45, 2.75) is 0 Å². The summed E-state index contributed by atoms with van der Waals surface area (Å²) in [7, 11) is 0. The Morgan fingerprint density at radius 2 is 1.63 bits per heavy atom. The average Bonchev–Trinajstić information content (AvgIpc) is 3.07. The van der Waals surface area contributed by atoms with Crippen molar-refractivity contribution in [2.24, 2.45) is 0 Å². The predicted molar refractivity (Wildman–Crippen MR) is 100 cm³/mol. The normalized spacial score (nSPS) is 10.8. The highest BCUT2D eigenvalue weighted by atomic mass is 16.6. The van der Waals surface area contributed by atoms with Gasteiger partial charge in [0.05, 0.1) is 21.7 Å². The highest BCUT2D eigenvalue weighted by Gasteiger charge is 2.18. The zero-order chi connectivity index (χ0) is 19.0. The van der Waals surface area contributed by atoms with Gasteiger partial charge in [-0.05, 0) is 30.3 Å². The molecular weight excluding hydrogens is 346 g/mol. The molecule has 1 heterocycles. The van der Waals surface area contributed by atoms with E-state index < -0.39 is 10.9 Å². The third-order valence-corrected chi connectivity index (χ3v) is 4.30. The van der Waals surface area contributed by atoms with Crippen molar-refractivity contribution < 1.29 is 14.8 Å². The molecule has 1 aromatic heterocycles. The minimum atomic E-state index is -1.04. The fraction of sp³-hybridized carbons (Fsp3) is 0. The Kier molecular flexibility index (Phi) is 3.89. The van der Waals surface area contributed by atoms with Crippen molar-refractivity contribution >= 4 is 22.6 Å². The number of nitrogens with zero attached hydrogens (tertiary/aromatic N) is 3. The fourth-order valence-electron chi connectivity index (χ4n) is 3.04. The molecule has 0 aliphatic heterocycles. The number of hydrogen-bond acceptors (Lipinski definition) is 4. The highest BCUT2D eigenvalue weighted by Crippen LogP contribution is 2.31. The van der Waals surface area contributed by atoms with Gasteiger partial charge in [0.1, 0.15) is 5.69 Å². The van der Waals surface area contributed by atoms with Gasteiger partial charge in [-0.2, -0.15) is 5.10 Å². The minimum Gasteiger partial charge on any atom is -0.478 e. The van der Waals surface area contributed by atoms with Crippen molar-refractivity contribution in [3.05, 3.63) is 88.5 Å². The summed E-state index contributed by atoms with van der Waals surface area (Å²) in [5, 5.41) is 25.8. The second kappa shape index (κ2) is 6.38. The summed E-state index contributed by atoms with van der Waals surface area (Å²) in [5.41, 5.74) is 2.68. The van der Waals surface area contributed by atoms with Gasteiger partial charge >= 0.3 is 5.97 Å². The van der Waals surface area contributed by atoms with E-state index in [0.717, 1.165) is 10.9 Å². The van der Waals surface area contributed by atoms with Gasteiger partial charge < -0.3 is 5.11 Å². The summed E-state index contributed by atoms with van der Waals surface area (Å²) in [6.45, 7) is 0. The molecule has 4 rings (SSSR count). The van der Waals surface area contributed by atoms with E-state index in [1.807, 2.05) is 24.3 Å². The van der Waals surface area contributed by atoms with Crippen molar-refractivity contribution in [3.63, 3.8) is 0 Å². The van der Waals surface area contributed by atoms with Crippen LogP contribution in [0.25, 0.3) is 27.8 Å². The number of aromatic nitrogens is 2. The number of rotatable bonds is 4. The molecule has 3 aromatic carbocycles. The molecule has 0 fully saturated rings. The summed E-state index contributed by atoms with van der Waals surface area (Å²) in [5.74, 6) is -1.04. The molecule has 0 bridgehead atoms. The van der Waals surface area contributed by atoms with Crippen LogP contribution >= 0.6 is 0 Å². The SMILES string of the molecule is O=C(O)c1ccccc1-n1nc(-c2ccc([N+](=O)[O-])cc2)c2ccccc21. The molecule has 0 saturated heterocycles. The molecule has 0 radical (unpaired) electrons. The quantitative estimate of drug-likeness (QED) is 0.433. The summed E-state index contributed by atoms with van der Waals surface area (Å²) in [6.07, 6.45) is 0. The van der Waals surface area contributed by atoms with Gasteiger partial charge in [-0.15, -0.1) is 0 Å². The second-order valence-electron chi connectivity index (χ2n) is 5.90. The summed E-state index contributed by atoms with van der Waals surface area (Å²) in [6, 6.07) is 20.2. The van der Waals surface area contributed by atoms with Gasteiger partial charge in [0.25, 0.3) is 5.69 Å². The standard InChI is InChI=1S/C20H13N3O4/c24-20(25)16-6-2-4-8-18(16)22-17-7-3-1-5-15(17)19(21-22)13-9-11-14(12-10-13)23(26)27/h1-12H,(H,24,25). The minimum absolute atomic E-state index is 0.00119. The number of para-hydroxylation sites is 2. The largest absolute Gasteiger partial charge is 0.478 e. The predicted octanol–water partition coefficient (Wildman–Crippen LogP) is 4.30. The number of hydrogen-bond donors (Lipinski definition) is 1. The third-order valence-electron chi connectivity index (χ3n) is 4.30. The molecule has 4 aromatic rings. The second-order valence-corrected chi connectivity index (χ2v) is 5.90. The van der Waals surface area contributed by atoms with Crippen LogP contribution < -0.4 is 0 Å². The number of nitro groups is 1. The lowest BCUT2D eigenvalue weighted by Crippen LogP contribution is -2.06. The zero-order valence-corrected chi connectivity index (χ0v) is 13.9. The van der Waals surface area contributed by atoms with Gasteiger partial charge in [0.2, 0.25) is 0 Å². The van der Waals surface area contributed by atoms with Crippen LogP contribution in [0.3, 0.4) is 0 Å². The van der Waals surface area contributed by atoms with E-state index in [0.29, 0.717) is 16.9 Å². The maximum atomic E-state index is 11.6. The fourth-order valence-corrected chi connectivity index (χ4v) is 3.04. The van der Waals surface area contributed by atoms with Crippen LogP contribution in [0, 0.1) is 10.1 Å². The number of fused-ring (bicyclic) bond motifs is 1. The van der Waals surface area contributed by atoms with E-state index in [4.69, 9.17) is 0 Å². The zero-order valence-electron chi connectivity index (χ0n) is 13.9. The van der Waals surface area contributed by atoms with Crippen LogP contribution in [0.2, 0.25) is 0 Å². The van der Waals surface area contributed by atoms with E-state index in [1.165, 1.54) is 18.2 Å². The van der Waals surface area contributed by atoms with E-state index >= 15 is 0 Å². The van der Waals surface area contributed by atoms with E-state index in [2.05, 4.69) is 5.10 Å². The molecule has 132 valence electrons. The number of nitro benzene ring substituents is 1. The van der Waals surface area contributed by atoms with Crippen LogP contribution in [-0.2, 0) is 0 Å². The highest BCUT2D eigenvalue weighted by molar-refractivity contribution is 5.97. The lowest BCUT2D eigenvalue weighted by Gasteiger charge is -2.07. The van der Waals surface area contributed by atoms with Crippen molar-refractivity contribution in [3.8, 4) is 16.9 Å². The Hall–Kier alpha value is -4.00. The topological polar surface area (TPSA) is 98.3 Å². The first-order chi connectivity index (χ1) is 13.1. The Balaban J connectivity index is 1.95. The molecule has 7 heteroatoms. The first-order valence-corrected chi connectivity index (χ1v) is 8.11. The molecule has 0 amide bonds. The van der Waals surface area contributed by atoms with Crippen LogP contribution in [0.15, 0.2) is 72.8 Å². The monoisotopic (exact) mass is 359 g/mol. The van der Waals surface area contributed by atoms with E-state index in [9.17, 15) is 20.0 Å². The van der Waals surface area contributed by atoms with Crippen molar-refractivity contribution in [1.29, 1.82) is 0 Å². The molecule has 1 N–H and O–H groups in total. The van der Waals surface area contributed by atoms with Gasteiger partial charge in [-0.3, -0.25) is 10.1 Å². The molecule has 0 spiro atoms. The van der Waals surface area contributed by atoms with Gasteiger partial charge in [-0.1, -0.05) is 30.3 Å². The molecule has 0 atom stereocenters. The maximum Gasteiger partial charge on any atom is 0.337 e. The van der Waals surface area contributed by atoms with E-state index in [-0.39, 0.29) is 11.3 Å². The number of carboxylic acids is 1. The van der Waals surface area contributed by atoms with Crippen molar-refractivity contribution in [1.82, 2.24) is 9.78 Å². The van der Waals surface area contributed by atoms with Gasteiger partial charge in [-0.25, -0.2) is 9.48 Å². The molecule has 0 aliphatic carbocycles. The summed E-state index contributed by atoms with van der Waals surface area (Å²) in [4.78, 5) is 22.0. The summed E-state index contributed by atoms with van der Waals surface area (Å²) < 4.78 is 1.59.